The van der Waals surface area contributed by atoms with Crippen LogP contribution >= 0.6 is 0 Å². The van der Waals surface area contributed by atoms with Crippen molar-refractivity contribution < 1.29 is 18.7 Å². The number of esters is 1. The van der Waals surface area contributed by atoms with Crippen molar-refractivity contribution in [2.24, 2.45) is 0 Å². The van der Waals surface area contributed by atoms with Gasteiger partial charge in [-0.3, -0.25) is 9.36 Å². The molecular weight excluding hydrogens is 324 g/mol. The number of hydrogen-bond donors (Lipinski definition) is 0. The van der Waals surface area contributed by atoms with Crippen LogP contribution in [0.1, 0.15) is 28.6 Å². The molecule has 0 bridgehead atoms. The minimum Gasteiger partial charge on any atom is -0.486 e. The summed E-state index contributed by atoms with van der Waals surface area (Å²) in [6, 6.07) is 8.43. The number of carbonyl (C=O) groups excluding carboxylic acids is 1. The highest BCUT2D eigenvalue weighted by Crippen LogP contribution is 2.21. The maximum Gasteiger partial charge on any atom is 0.373 e. The van der Waals surface area contributed by atoms with Crippen molar-refractivity contribution in [3.63, 3.8) is 0 Å². The molecule has 1 aromatic carbocycles. The molecule has 0 saturated carbocycles. The number of carbonyl (C=O) groups is 1. The van der Waals surface area contributed by atoms with Crippen LogP contribution in [0, 0.1) is 0 Å². The molecule has 0 atom stereocenters. The molecule has 3 heterocycles. The number of rotatable bonds is 4. The molecule has 7 nitrogen and oxygen atoms in total. The highest BCUT2D eigenvalue weighted by molar-refractivity contribution is 5.86. The van der Waals surface area contributed by atoms with Crippen molar-refractivity contribution in [1.82, 2.24) is 9.55 Å². The van der Waals surface area contributed by atoms with E-state index < -0.39 is 5.97 Å². The molecule has 1 aliphatic rings. The lowest BCUT2D eigenvalue weighted by Crippen LogP contribution is -2.20. The van der Waals surface area contributed by atoms with Crippen LogP contribution in [-0.4, -0.2) is 22.6 Å². The van der Waals surface area contributed by atoms with E-state index in [4.69, 9.17) is 9.15 Å². The third-order valence-corrected chi connectivity index (χ3v) is 4.22. The normalized spacial score (nSPS) is 13.0. The van der Waals surface area contributed by atoms with E-state index in [2.05, 4.69) is 9.72 Å². The highest BCUT2D eigenvalue weighted by atomic mass is 16.5. The number of aryl methyl sites for hydroxylation is 1. The number of aromatic nitrogens is 2. The first-order chi connectivity index (χ1) is 12.2. The standard InChI is InChI=1S/C18H16N2O5/c1-23-18(22)15-7-5-12(25-15)10-24-11-4-6-14-13(9-11)17(21)20-8-2-3-16(20)19-14/h4-7,9H,2-3,8,10H2,1H3. The van der Waals surface area contributed by atoms with Crippen molar-refractivity contribution in [3.05, 3.63) is 58.0 Å². The zero-order chi connectivity index (χ0) is 17.4. The lowest BCUT2D eigenvalue weighted by molar-refractivity contribution is 0.0561. The van der Waals surface area contributed by atoms with Gasteiger partial charge in [-0.15, -0.1) is 0 Å². The molecule has 1 aliphatic heterocycles. The fourth-order valence-corrected chi connectivity index (χ4v) is 2.97. The molecule has 0 N–H and O–H groups in total. The summed E-state index contributed by atoms with van der Waals surface area (Å²) in [4.78, 5) is 28.5. The van der Waals surface area contributed by atoms with Crippen molar-refractivity contribution in [1.29, 1.82) is 0 Å². The Hall–Kier alpha value is -3.09. The number of methoxy groups -OCH3 is 1. The molecule has 128 valence electrons. The number of fused-ring (bicyclic) bond motifs is 2. The summed E-state index contributed by atoms with van der Waals surface area (Å²) in [5.41, 5.74) is 0.644. The second-order valence-corrected chi connectivity index (χ2v) is 5.81. The van der Waals surface area contributed by atoms with E-state index in [0.717, 1.165) is 18.7 Å². The zero-order valence-electron chi connectivity index (χ0n) is 13.7. The van der Waals surface area contributed by atoms with Crippen LogP contribution in [0.15, 0.2) is 39.5 Å². The summed E-state index contributed by atoms with van der Waals surface area (Å²) >= 11 is 0. The molecule has 25 heavy (non-hydrogen) atoms. The van der Waals surface area contributed by atoms with Crippen LogP contribution in [0.5, 0.6) is 5.75 Å². The monoisotopic (exact) mass is 340 g/mol. The molecule has 4 rings (SSSR count). The quantitative estimate of drug-likeness (QED) is 0.678. The third-order valence-electron chi connectivity index (χ3n) is 4.22. The van der Waals surface area contributed by atoms with Gasteiger partial charge < -0.3 is 13.9 Å². The third kappa shape index (κ3) is 2.77. The maximum atomic E-state index is 12.6. The molecule has 0 unspecified atom stereocenters. The fourth-order valence-electron chi connectivity index (χ4n) is 2.97. The molecule has 0 spiro atoms. The Labute approximate surface area is 142 Å². The van der Waals surface area contributed by atoms with Crippen LogP contribution in [0.4, 0.5) is 0 Å². The Morgan fingerprint density at radius 3 is 3.04 bits per heavy atom. The summed E-state index contributed by atoms with van der Waals surface area (Å²) in [5, 5.41) is 0.540. The molecular formula is C18H16N2O5. The zero-order valence-corrected chi connectivity index (χ0v) is 13.7. The van der Waals surface area contributed by atoms with E-state index in [0.29, 0.717) is 29.0 Å². The summed E-state index contributed by atoms with van der Waals surface area (Å²) in [5.74, 6) is 1.46. The number of benzene rings is 1. The van der Waals surface area contributed by atoms with Gasteiger partial charge in [0.1, 0.15) is 23.9 Å². The van der Waals surface area contributed by atoms with E-state index in [1.165, 1.54) is 13.2 Å². The van der Waals surface area contributed by atoms with Crippen molar-refractivity contribution in [2.75, 3.05) is 7.11 Å². The van der Waals surface area contributed by atoms with Crippen molar-refractivity contribution in [2.45, 2.75) is 26.0 Å². The average Bonchev–Trinajstić information content (AvgIpc) is 3.29. The highest BCUT2D eigenvalue weighted by Gasteiger charge is 2.16. The minimum atomic E-state index is -0.537. The summed E-state index contributed by atoms with van der Waals surface area (Å²) in [7, 11) is 1.29. The SMILES string of the molecule is COC(=O)c1ccc(COc2ccc3nc4n(c(=O)c3c2)CCC4)o1. The molecule has 0 radical (unpaired) electrons. The smallest absolute Gasteiger partial charge is 0.373 e. The number of hydrogen-bond acceptors (Lipinski definition) is 6. The summed E-state index contributed by atoms with van der Waals surface area (Å²) in [6.45, 7) is 0.854. The first kappa shape index (κ1) is 15.4. The van der Waals surface area contributed by atoms with Gasteiger partial charge in [-0.1, -0.05) is 0 Å². The fraction of sp³-hybridized carbons (Fsp3) is 0.278. The van der Waals surface area contributed by atoms with Gasteiger partial charge in [0, 0.05) is 13.0 Å². The summed E-state index contributed by atoms with van der Waals surface area (Å²) < 4.78 is 17.3. The molecule has 2 aromatic heterocycles. The molecule has 7 heteroatoms. The second kappa shape index (κ2) is 6.08. The van der Waals surface area contributed by atoms with Gasteiger partial charge in [0.2, 0.25) is 5.76 Å². The largest absolute Gasteiger partial charge is 0.486 e. The van der Waals surface area contributed by atoms with E-state index >= 15 is 0 Å². The maximum absolute atomic E-state index is 12.6. The average molecular weight is 340 g/mol. The van der Waals surface area contributed by atoms with Crippen molar-refractivity contribution in [3.8, 4) is 5.75 Å². The molecule has 0 aliphatic carbocycles. The Bertz CT molecular complexity index is 1020. The number of ether oxygens (including phenoxy) is 2. The van der Waals surface area contributed by atoms with Gasteiger partial charge in [0.15, 0.2) is 0 Å². The number of nitrogens with zero attached hydrogens (tertiary/aromatic N) is 2. The van der Waals surface area contributed by atoms with Crippen molar-refractivity contribution >= 4 is 16.9 Å². The van der Waals surface area contributed by atoms with Crippen LogP contribution < -0.4 is 10.3 Å². The lowest BCUT2D eigenvalue weighted by Gasteiger charge is -2.08. The van der Waals surface area contributed by atoms with Crippen LogP contribution in [-0.2, 0) is 24.3 Å². The van der Waals surface area contributed by atoms with E-state index in [-0.39, 0.29) is 17.9 Å². The molecule has 0 fully saturated rings. The Morgan fingerprint density at radius 2 is 2.20 bits per heavy atom. The Kier molecular flexibility index (Phi) is 3.76. The van der Waals surface area contributed by atoms with E-state index in [1.807, 2.05) is 0 Å². The topological polar surface area (TPSA) is 83.6 Å². The van der Waals surface area contributed by atoms with Gasteiger partial charge in [0.25, 0.3) is 5.56 Å². The van der Waals surface area contributed by atoms with E-state index in [1.54, 1.807) is 28.8 Å². The first-order valence-corrected chi connectivity index (χ1v) is 7.99. The van der Waals surface area contributed by atoms with Gasteiger partial charge >= 0.3 is 5.97 Å². The predicted molar refractivity (Wildman–Crippen MR) is 88.7 cm³/mol. The molecule has 0 amide bonds. The predicted octanol–water partition coefficient (Wildman–Crippen LogP) is 2.30. The van der Waals surface area contributed by atoms with E-state index in [9.17, 15) is 9.59 Å². The van der Waals surface area contributed by atoms with Gasteiger partial charge in [-0.25, -0.2) is 9.78 Å². The summed E-state index contributed by atoms with van der Waals surface area (Å²) in [6.07, 6.45) is 1.79. The van der Waals surface area contributed by atoms with Gasteiger partial charge in [-0.2, -0.15) is 0 Å². The first-order valence-electron chi connectivity index (χ1n) is 7.99. The Balaban J connectivity index is 1.57. The van der Waals surface area contributed by atoms with Crippen LogP contribution in [0.25, 0.3) is 10.9 Å². The Morgan fingerprint density at radius 1 is 1.32 bits per heavy atom. The van der Waals surface area contributed by atoms with Crippen LogP contribution in [0.2, 0.25) is 0 Å². The molecule has 3 aromatic rings. The van der Waals surface area contributed by atoms with Gasteiger partial charge in [-0.05, 0) is 36.8 Å². The lowest BCUT2D eigenvalue weighted by atomic mass is 10.2. The minimum absolute atomic E-state index is 0.0334. The second-order valence-electron chi connectivity index (χ2n) is 5.81. The van der Waals surface area contributed by atoms with Crippen LogP contribution in [0.3, 0.4) is 0 Å². The number of furan rings is 1. The van der Waals surface area contributed by atoms with Gasteiger partial charge in [0.05, 0.1) is 18.0 Å². The molecule has 0 saturated heterocycles.